The van der Waals surface area contributed by atoms with Gasteiger partial charge in [0.2, 0.25) is 5.89 Å². The monoisotopic (exact) mass is 181 g/mol. The predicted octanol–water partition coefficient (Wildman–Crippen LogP) is 1.57. The van der Waals surface area contributed by atoms with Gasteiger partial charge in [-0.3, -0.25) is 4.79 Å². The Bertz CT molecular complexity index is 314. The second-order valence-electron chi connectivity index (χ2n) is 3.35. The summed E-state index contributed by atoms with van der Waals surface area (Å²) in [6.45, 7) is 0. The summed E-state index contributed by atoms with van der Waals surface area (Å²) in [6.07, 6.45) is 5.05. The summed E-state index contributed by atoms with van der Waals surface area (Å²) in [5, 5.41) is 8.49. The van der Waals surface area contributed by atoms with Crippen molar-refractivity contribution < 1.29 is 14.3 Å². The number of hydrogen-bond acceptors (Lipinski definition) is 3. The Labute approximate surface area is 75.6 Å². The van der Waals surface area contributed by atoms with Gasteiger partial charge in [0.25, 0.3) is 0 Å². The quantitative estimate of drug-likeness (QED) is 0.768. The molecule has 1 aromatic rings. The minimum atomic E-state index is -0.901. The lowest BCUT2D eigenvalue weighted by atomic mass is 9.84. The van der Waals surface area contributed by atoms with E-state index in [-0.39, 0.29) is 6.42 Å². The van der Waals surface area contributed by atoms with Crippen LogP contribution in [0.15, 0.2) is 10.6 Å². The van der Waals surface area contributed by atoms with Crippen LogP contribution < -0.4 is 0 Å². The lowest BCUT2D eigenvalue weighted by Crippen LogP contribution is -2.07. The average Bonchev–Trinajstić information content (AvgIpc) is 2.31. The van der Waals surface area contributed by atoms with Gasteiger partial charge in [-0.15, -0.1) is 0 Å². The highest BCUT2D eigenvalue weighted by molar-refractivity contribution is 5.68. The minimum absolute atomic E-state index is 0.118. The van der Waals surface area contributed by atoms with E-state index in [2.05, 4.69) is 4.98 Å². The van der Waals surface area contributed by atoms with Gasteiger partial charge in [-0.25, -0.2) is 4.98 Å². The third-order valence-corrected chi connectivity index (χ3v) is 2.38. The van der Waals surface area contributed by atoms with Gasteiger partial charge in [0.1, 0.15) is 12.2 Å². The summed E-state index contributed by atoms with van der Waals surface area (Å²) in [7, 11) is 0. The van der Waals surface area contributed by atoms with E-state index in [0.717, 1.165) is 18.6 Å². The van der Waals surface area contributed by atoms with Crippen molar-refractivity contribution in [2.75, 3.05) is 0 Å². The number of aromatic nitrogens is 1. The molecule has 1 heterocycles. The van der Waals surface area contributed by atoms with Crippen LogP contribution in [0.3, 0.4) is 0 Å². The molecule has 70 valence electrons. The van der Waals surface area contributed by atoms with E-state index in [9.17, 15) is 4.79 Å². The summed E-state index contributed by atoms with van der Waals surface area (Å²) in [5.41, 5.74) is 0. The maximum absolute atomic E-state index is 10.3. The molecule has 0 amide bonds. The maximum atomic E-state index is 10.3. The third kappa shape index (κ3) is 1.71. The first kappa shape index (κ1) is 8.29. The van der Waals surface area contributed by atoms with Crippen LogP contribution in [0.5, 0.6) is 0 Å². The van der Waals surface area contributed by atoms with E-state index in [1.807, 2.05) is 0 Å². The molecular weight excluding hydrogens is 170 g/mol. The smallest absolute Gasteiger partial charge is 0.312 e. The molecule has 4 heteroatoms. The molecule has 0 aliphatic heterocycles. The van der Waals surface area contributed by atoms with Crippen LogP contribution in [-0.2, 0) is 11.2 Å². The van der Waals surface area contributed by atoms with Crippen LogP contribution in [0.1, 0.15) is 36.8 Å². The second-order valence-corrected chi connectivity index (χ2v) is 3.35. The van der Waals surface area contributed by atoms with Crippen LogP contribution in [0.4, 0.5) is 0 Å². The molecule has 1 aromatic heterocycles. The van der Waals surface area contributed by atoms with Crippen LogP contribution in [0.25, 0.3) is 0 Å². The summed E-state index contributed by atoms with van der Waals surface area (Å²) in [4.78, 5) is 14.2. The molecular formula is C9H11NO3. The van der Waals surface area contributed by atoms with E-state index >= 15 is 0 Å². The standard InChI is InChI=1S/C9H11NO3/c11-9(12)4-8-10-5-7(13-8)6-2-1-3-6/h5-6H,1-4H2,(H,11,12). The highest BCUT2D eigenvalue weighted by atomic mass is 16.4. The molecule has 13 heavy (non-hydrogen) atoms. The Balaban J connectivity index is 2.04. The molecule has 2 rings (SSSR count). The molecule has 0 aromatic carbocycles. The SMILES string of the molecule is O=C(O)Cc1ncc(C2CCC2)o1. The fourth-order valence-electron chi connectivity index (χ4n) is 1.42. The van der Waals surface area contributed by atoms with Gasteiger partial charge in [0.15, 0.2) is 0 Å². The van der Waals surface area contributed by atoms with Crippen LogP contribution in [-0.4, -0.2) is 16.1 Å². The Morgan fingerprint density at radius 2 is 2.46 bits per heavy atom. The fraction of sp³-hybridized carbons (Fsp3) is 0.556. The van der Waals surface area contributed by atoms with Crippen molar-refractivity contribution in [3.05, 3.63) is 17.8 Å². The minimum Gasteiger partial charge on any atom is -0.481 e. The molecule has 0 bridgehead atoms. The van der Waals surface area contributed by atoms with Gasteiger partial charge in [-0.1, -0.05) is 6.42 Å². The van der Waals surface area contributed by atoms with Gasteiger partial charge < -0.3 is 9.52 Å². The Hall–Kier alpha value is -1.32. The molecule has 0 saturated heterocycles. The molecule has 0 atom stereocenters. The molecule has 1 aliphatic rings. The molecule has 0 spiro atoms. The van der Waals surface area contributed by atoms with Crippen molar-refractivity contribution in [1.29, 1.82) is 0 Å². The number of aliphatic carboxylic acids is 1. The summed E-state index contributed by atoms with van der Waals surface area (Å²) < 4.78 is 5.31. The Morgan fingerprint density at radius 1 is 1.69 bits per heavy atom. The van der Waals surface area contributed by atoms with E-state index < -0.39 is 5.97 Å². The lowest BCUT2D eigenvalue weighted by molar-refractivity contribution is -0.136. The summed E-state index contributed by atoms with van der Waals surface area (Å²) in [6, 6.07) is 0. The first-order chi connectivity index (χ1) is 6.25. The molecule has 0 unspecified atom stereocenters. The van der Waals surface area contributed by atoms with Gasteiger partial charge in [0, 0.05) is 5.92 Å². The number of rotatable bonds is 3. The predicted molar refractivity (Wildman–Crippen MR) is 44.4 cm³/mol. The van der Waals surface area contributed by atoms with Gasteiger partial charge in [0.05, 0.1) is 6.20 Å². The van der Waals surface area contributed by atoms with E-state index in [0.29, 0.717) is 11.8 Å². The fourth-order valence-corrected chi connectivity index (χ4v) is 1.42. The molecule has 1 saturated carbocycles. The van der Waals surface area contributed by atoms with Crippen LogP contribution in [0.2, 0.25) is 0 Å². The molecule has 4 nitrogen and oxygen atoms in total. The average molecular weight is 181 g/mol. The van der Waals surface area contributed by atoms with Crippen LogP contribution >= 0.6 is 0 Å². The molecule has 1 aliphatic carbocycles. The summed E-state index contributed by atoms with van der Waals surface area (Å²) >= 11 is 0. The first-order valence-electron chi connectivity index (χ1n) is 4.42. The van der Waals surface area contributed by atoms with Gasteiger partial charge >= 0.3 is 5.97 Å². The summed E-state index contributed by atoms with van der Waals surface area (Å²) in [5.74, 6) is 0.744. The van der Waals surface area contributed by atoms with Crippen molar-refractivity contribution >= 4 is 5.97 Å². The molecule has 0 radical (unpaired) electrons. The van der Waals surface area contributed by atoms with Crippen molar-refractivity contribution in [2.24, 2.45) is 0 Å². The Morgan fingerprint density at radius 3 is 3.00 bits per heavy atom. The lowest BCUT2D eigenvalue weighted by Gasteiger charge is -2.22. The number of carboxylic acids is 1. The van der Waals surface area contributed by atoms with Crippen LogP contribution in [0, 0.1) is 0 Å². The zero-order valence-electron chi connectivity index (χ0n) is 7.19. The number of carboxylic acid groups (broad SMARTS) is 1. The van der Waals surface area contributed by atoms with Crippen molar-refractivity contribution in [3.63, 3.8) is 0 Å². The molecule has 1 N–H and O–H groups in total. The largest absolute Gasteiger partial charge is 0.481 e. The highest BCUT2D eigenvalue weighted by Crippen LogP contribution is 2.36. The van der Waals surface area contributed by atoms with Crippen molar-refractivity contribution in [1.82, 2.24) is 4.98 Å². The number of carbonyl (C=O) groups is 1. The topological polar surface area (TPSA) is 63.3 Å². The van der Waals surface area contributed by atoms with Gasteiger partial charge in [-0.2, -0.15) is 0 Å². The number of hydrogen-bond donors (Lipinski definition) is 1. The number of nitrogens with zero attached hydrogens (tertiary/aromatic N) is 1. The zero-order valence-corrected chi connectivity index (χ0v) is 7.19. The van der Waals surface area contributed by atoms with E-state index in [1.54, 1.807) is 6.20 Å². The highest BCUT2D eigenvalue weighted by Gasteiger charge is 2.23. The third-order valence-electron chi connectivity index (χ3n) is 2.38. The maximum Gasteiger partial charge on any atom is 0.312 e. The molecule has 1 fully saturated rings. The Kier molecular flexibility index (Phi) is 2.04. The van der Waals surface area contributed by atoms with Gasteiger partial charge in [-0.05, 0) is 12.8 Å². The van der Waals surface area contributed by atoms with E-state index in [1.165, 1.54) is 6.42 Å². The van der Waals surface area contributed by atoms with Crippen molar-refractivity contribution in [3.8, 4) is 0 Å². The second kappa shape index (κ2) is 3.20. The van der Waals surface area contributed by atoms with Crippen molar-refractivity contribution in [2.45, 2.75) is 31.6 Å². The number of oxazole rings is 1. The van der Waals surface area contributed by atoms with E-state index in [4.69, 9.17) is 9.52 Å². The zero-order chi connectivity index (χ0) is 9.26. The normalized spacial score (nSPS) is 16.9. The first-order valence-corrected chi connectivity index (χ1v) is 4.42.